The molecule has 1 fully saturated rings. The maximum atomic E-state index is 12.6. The number of hydrogen-bond donors (Lipinski definition) is 2. The summed E-state index contributed by atoms with van der Waals surface area (Å²) in [7, 11) is 0. The number of likely N-dealkylation sites (tertiary alicyclic amines) is 1. The Morgan fingerprint density at radius 2 is 1.36 bits per heavy atom. The predicted molar refractivity (Wildman–Crippen MR) is 78.6 cm³/mol. The van der Waals surface area contributed by atoms with Gasteiger partial charge in [-0.05, 0) is 46.5 Å². The van der Waals surface area contributed by atoms with E-state index in [1.54, 1.807) is 34.6 Å². The molecular weight excluding hydrogens is 290 g/mol. The van der Waals surface area contributed by atoms with Gasteiger partial charge in [-0.25, -0.2) is 14.4 Å². The Balaban J connectivity index is 3.43. The van der Waals surface area contributed by atoms with Crippen molar-refractivity contribution in [1.82, 2.24) is 4.90 Å². The Morgan fingerprint density at radius 3 is 1.59 bits per heavy atom. The fourth-order valence-electron chi connectivity index (χ4n) is 3.08. The molecule has 126 valence electrons. The van der Waals surface area contributed by atoms with Gasteiger partial charge in [0.05, 0.1) is 0 Å². The quantitative estimate of drug-likeness (QED) is 0.826. The van der Waals surface area contributed by atoms with Gasteiger partial charge < -0.3 is 14.9 Å². The number of aliphatic carboxylic acids is 2. The second-order valence-electron chi connectivity index (χ2n) is 6.70. The minimum atomic E-state index is -1.54. The Labute approximate surface area is 130 Å². The van der Waals surface area contributed by atoms with Crippen LogP contribution in [-0.2, 0) is 14.3 Å². The SMILES string of the molecule is CC[C@@]1(C(=O)O)CC[C@](CC)(C(=O)O)N1C(=O)OC(C)(C)C. The highest BCUT2D eigenvalue weighted by Gasteiger charge is 2.64. The molecule has 1 rings (SSSR count). The summed E-state index contributed by atoms with van der Waals surface area (Å²) in [5.41, 5.74) is -3.93. The van der Waals surface area contributed by atoms with Crippen molar-refractivity contribution in [3.63, 3.8) is 0 Å². The van der Waals surface area contributed by atoms with Crippen LogP contribution in [0.15, 0.2) is 0 Å². The lowest BCUT2D eigenvalue weighted by molar-refractivity contribution is -0.160. The number of hydrogen-bond acceptors (Lipinski definition) is 4. The third-order valence-electron chi connectivity index (χ3n) is 4.35. The largest absolute Gasteiger partial charge is 0.479 e. The first kappa shape index (κ1) is 18.3. The molecule has 7 nitrogen and oxygen atoms in total. The topological polar surface area (TPSA) is 104 Å². The molecule has 1 heterocycles. The molecule has 0 bridgehead atoms. The van der Waals surface area contributed by atoms with E-state index in [0.29, 0.717) is 0 Å². The van der Waals surface area contributed by atoms with Crippen molar-refractivity contribution in [3.8, 4) is 0 Å². The number of carboxylic acid groups (broad SMARTS) is 2. The molecule has 0 aromatic rings. The number of carbonyl (C=O) groups is 3. The smallest absolute Gasteiger partial charge is 0.412 e. The van der Waals surface area contributed by atoms with Crippen LogP contribution in [0.5, 0.6) is 0 Å². The summed E-state index contributed by atoms with van der Waals surface area (Å²) in [6.45, 7) is 8.25. The number of carboxylic acids is 2. The molecule has 2 N–H and O–H groups in total. The lowest BCUT2D eigenvalue weighted by Gasteiger charge is -2.42. The van der Waals surface area contributed by atoms with Gasteiger partial charge in [-0.3, -0.25) is 4.90 Å². The van der Waals surface area contributed by atoms with E-state index in [2.05, 4.69) is 0 Å². The molecule has 1 saturated heterocycles. The zero-order valence-corrected chi connectivity index (χ0v) is 13.8. The van der Waals surface area contributed by atoms with E-state index in [1.807, 2.05) is 0 Å². The summed E-state index contributed by atoms with van der Waals surface area (Å²) >= 11 is 0. The van der Waals surface area contributed by atoms with Crippen molar-refractivity contribution in [3.05, 3.63) is 0 Å². The summed E-state index contributed by atoms with van der Waals surface area (Å²) in [5.74, 6) is -2.39. The summed E-state index contributed by atoms with van der Waals surface area (Å²) in [5, 5.41) is 19.3. The summed E-state index contributed by atoms with van der Waals surface area (Å²) < 4.78 is 5.30. The molecule has 22 heavy (non-hydrogen) atoms. The minimum absolute atomic E-state index is 0.0955. The molecule has 1 amide bonds. The van der Waals surface area contributed by atoms with Gasteiger partial charge in [0.1, 0.15) is 16.7 Å². The molecule has 1 aliphatic rings. The standard InChI is InChI=1S/C15H25NO6/c1-6-14(10(17)18)8-9-15(7-2,11(19)20)16(14)12(21)22-13(3,4)5/h6-9H2,1-5H3,(H,17,18)(H,19,20)/t14-,15+. The van der Waals surface area contributed by atoms with E-state index in [4.69, 9.17) is 4.74 Å². The second kappa shape index (κ2) is 5.78. The summed E-state index contributed by atoms with van der Waals surface area (Å²) in [6.07, 6.45) is -0.456. The van der Waals surface area contributed by atoms with Gasteiger partial charge in [0.2, 0.25) is 0 Å². The average Bonchev–Trinajstić information content (AvgIpc) is 2.73. The highest BCUT2D eigenvalue weighted by Crippen LogP contribution is 2.46. The minimum Gasteiger partial charge on any atom is -0.479 e. The first-order valence-corrected chi connectivity index (χ1v) is 7.47. The van der Waals surface area contributed by atoms with Crippen molar-refractivity contribution in [1.29, 1.82) is 0 Å². The van der Waals surface area contributed by atoms with E-state index in [1.165, 1.54) is 0 Å². The van der Waals surface area contributed by atoms with Crippen molar-refractivity contribution in [2.24, 2.45) is 0 Å². The molecule has 0 saturated carbocycles. The van der Waals surface area contributed by atoms with Gasteiger partial charge in [0.25, 0.3) is 0 Å². The van der Waals surface area contributed by atoms with Crippen molar-refractivity contribution in [2.45, 2.75) is 77.0 Å². The van der Waals surface area contributed by atoms with E-state index in [9.17, 15) is 24.6 Å². The molecule has 0 aliphatic carbocycles. The molecule has 7 heteroatoms. The van der Waals surface area contributed by atoms with Crippen LogP contribution in [0.2, 0.25) is 0 Å². The molecule has 0 unspecified atom stereocenters. The first-order chi connectivity index (χ1) is 9.97. The summed E-state index contributed by atoms with van der Waals surface area (Å²) in [6, 6.07) is 0. The van der Waals surface area contributed by atoms with E-state index >= 15 is 0 Å². The van der Waals surface area contributed by atoms with Crippen LogP contribution in [0, 0.1) is 0 Å². The fourth-order valence-corrected chi connectivity index (χ4v) is 3.08. The van der Waals surface area contributed by atoms with Gasteiger partial charge in [-0.15, -0.1) is 0 Å². The Kier molecular flexibility index (Phi) is 4.79. The first-order valence-electron chi connectivity index (χ1n) is 7.47. The fraction of sp³-hybridized carbons (Fsp3) is 0.800. The van der Waals surface area contributed by atoms with E-state index < -0.39 is 34.7 Å². The maximum absolute atomic E-state index is 12.6. The van der Waals surface area contributed by atoms with Gasteiger partial charge in [-0.2, -0.15) is 0 Å². The lowest BCUT2D eigenvalue weighted by atomic mass is 9.93. The molecule has 1 aliphatic heterocycles. The Bertz CT molecular complexity index is 453. The van der Waals surface area contributed by atoms with Crippen molar-refractivity contribution < 1.29 is 29.3 Å². The Morgan fingerprint density at radius 1 is 1.00 bits per heavy atom. The van der Waals surface area contributed by atoms with E-state index in [0.717, 1.165) is 4.90 Å². The van der Waals surface area contributed by atoms with Gasteiger partial charge in [0.15, 0.2) is 0 Å². The maximum Gasteiger partial charge on any atom is 0.412 e. The third-order valence-corrected chi connectivity index (χ3v) is 4.35. The number of nitrogens with zero attached hydrogens (tertiary/aromatic N) is 1. The highest BCUT2D eigenvalue weighted by atomic mass is 16.6. The molecule has 0 aromatic heterocycles. The van der Waals surface area contributed by atoms with Crippen LogP contribution in [0.4, 0.5) is 4.79 Å². The van der Waals surface area contributed by atoms with Crippen LogP contribution in [-0.4, -0.2) is 49.8 Å². The van der Waals surface area contributed by atoms with Crippen LogP contribution < -0.4 is 0 Å². The van der Waals surface area contributed by atoms with Crippen molar-refractivity contribution in [2.75, 3.05) is 0 Å². The third kappa shape index (κ3) is 2.76. The number of carbonyl (C=O) groups excluding carboxylic acids is 1. The van der Waals surface area contributed by atoms with Crippen LogP contribution in [0.3, 0.4) is 0 Å². The van der Waals surface area contributed by atoms with Crippen LogP contribution in [0.25, 0.3) is 0 Å². The number of rotatable bonds is 4. The Hall–Kier alpha value is -1.79. The number of ether oxygens (including phenoxy) is 1. The van der Waals surface area contributed by atoms with Gasteiger partial charge in [0, 0.05) is 0 Å². The van der Waals surface area contributed by atoms with Gasteiger partial charge in [-0.1, -0.05) is 13.8 Å². The lowest BCUT2D eigenvalue weighted by Crippen LogP contribution is -2.63. The molecule has 0 radical (unpaired) electrons. The zero-order valence-electron chi connectivity index (χ0n) is 13.8. The van der Waals surface area contributed by atoms with Crippen LogP contribution >= 0.6 is 0 Å². The van der Waals surface area contributed by atoms with Crippen LogP contribution in [0.1, 0.15) is 60.3 Å². The molecule has 0 spiro atoms. The normalized spacial score (nSPS) is 28.5. The summed E-state index contributed by atoms with van der Waals surface area (Å²) in [4.78, 5) is 37.2. The highest BCUT2D eigenvalue weighted by molar-refractivity contribution is 5.92. The predicted octanol–water partition coefficient (Wildman–Crippen LogP) is 2.48. The van der Waals surface area contributed by atoms with Crippen molar-refractivity contribution >= 4 is 18.0 Å². The van der Waals surface area contributed by atoms with Gasteiger partial charge >= 0.3 is 18.0 Å². The monoisotopic (exact) mass is 315 g/mol. The average molecular weight is 315 g/mol. The zero-order chi connectivity index (χ0) is 17.3. The molecular formula is C15H25NO6. The number of amides is 1. The molecule has 2 atom stereocenters. The molecule has 0 aromatic carbocycles. The van der Waals surface area contributed by atoms with E-state index in [-0.39, 0.29) is 25.7 Å². The second-order valence-corrected chi connectivity index (χ2v) is 6.70.